The van der Waals surface area contributed by atoms with E-state index in [2.05, 4.69) is 4.98 Å². The van der Waals surface area contributed by atoms with E-state index in [1.54, 1.807) is 13.1 Å². The van der Waals surface area contributed by atoms with Gasteiger partial charge in [-0.25, -0.2) is 0 Å². The first-order valence-corrected chi connectivity index (χ1v) is 4.65. The Hall–Kier alpha value is -0.840. The Balaban J connectivity index is 0.00000196. The van der Waals surface area contributed by atoms with Gasteiger partial charge in [-0.3, -0.25) is 4.98 Å². The summed E-state index contributed by atoms with van der Waals surface area (Å²) in [5.41, 5.74) is 7.60. The van der Waals surface area contributed by atoms with Crippen molar-refractivity contribution in [3.63, 3.8) is 0 Å². The standard InChI is InChI=1S/C10H16N2O2.ClH/c1-3-8(11)9-7(5-13)4-12-6(2)10(9)14;/h4,8,13-14H,3,5,11H2,1-2H3;1H/t8-;/m1./s1. The van der Waals surface area contributed by atoms with Gasteiger partial charge in [0.05, 0.1) is 12.3 Å². The van der Waals surface area contributed by atoms with Gasteiger partial charge in [-0.15, -0.1) is 12.4 Å². The zero-order valence-corrected chi connectivity index (χ0v) is 9.71. The van der Waals surface area contributed by atoms with E-state index in [4.69, 9.17) is 10.8 Å². The van der Waals surface area contributed by atoms with Gasteiger partial charge in [-0.2, -0.15) is 0 Å². The number of nitrogens with zero attached hydrogens (tertiary/aromatic N) is 1. The lowest BCUT2D eigenvalue weighted by Gasteiger charge is -2.16. The van der Waals surface area contributed by atoms with Gasteiger partial charge >= 0.3 is 0 Å². The molecule has 1 atom stereocenters. The molecule has 0 unspecified atom stereocenters. The Kier molecular flexibility index (Phi) is 5.57. The van der Waals surface area contributed by atoms with Crippen molar-refractivity contribution < 1.29 is 10.2 Å². The van der Waals surface area contributed by atoms with E-state index in [0.29, 0.717) is 23.2 Å². The highest BCUT2D eigenvalue weighted by atomic mass is 35.5. The molecule has 86 valence electrons. The van der Waals surface area contributed by atoms with Crippen molar-refractivity contribution in [3.8, 4) is 5.75 Å². The number of aromatic hydroxyl groups is 1. The molecule has 0 spiro atoms. The third-order valence-electron chi connectivity index (χ3n) is 2.34. The quantitative estimate of drug-likeness (QED) is 0.737. The summed E-state index contributed by atoms with van der Waals surface area (Å²) in [6.07, 6.45) is 2.27. The first-order valence-electron chi connectivity index (χ1n) is 4.65. The van der Waals surface area contributed by atoms with Crippen molar-refractivity contribution in [1.82, 2.24) is 4.98 Å². The van der Waals surface area contributed by atoms with Crippen LogP contribution < -0.4 is 5.73 Å². The average Bonchev–Trinajstić information content (AvgIpc) is 2.20. The molecule has 1 aromatic rings. The molecule has 0 saturated carbocycles. The Bertz CT molecular complexity index is 331. The highest BCUT2D eigenvalue weighted by Crippen LogP contribution is 2.29. The third-order valence-corrected chi connectivity index (χ3v) is 2.34. The molecule has 1 heterocycles. The highest BCUT2D eigenvalue weighted by molar-refractivity contribution is 5.85. The summed E-state index contributed by atoms with van der Waals surface area (Å²) in [5, 5.41) is 18.8. The minimum absolute atomic E-state index is 0. The fourth-order valence-corrected chi connectivity index (χ4v) is 1.40. The van der Waals surface area contributed by atoms with E-state index in [1.165, 1.54) is 0 Å². The maximum Gasteiger partial charge on any atom is 0.141 e. The lowest BCUT2D eigenvalue weighted by molar-refractivity contribution is 0.278. The molecular weight excluding hydrogens is 216 g/mol. The molecule has 0 radical (unpaired) electrons. The SMILES string of the molecule is CC[C@@H](N)c1c(CO)cnc(C)c1O.Cl. The summed E-state index contributed by atoms with van der Waals surface area (Å²) in [7, 11) is 0. The fraction of sp³-hybridized carbons (Fsp3) is 0.500. The van der Waals surface area contributed by atoms with Crippen LogP contribution in [0.5, 0.6) is 5.75 Å². The van der Waals surface area contributed by atoms with Crippen LogP contribution in [-0.4, -0.2) is 15.2 Å². The molecule has 1 rings (SSSR count). The zero-order valence-electron chi connectivity index (χ0n) is 8.90. The number of aryl methyl sites for hydroxylation is 1. The van der Waals surface area contributed by atoms with Crippen LogP contribution in [0.3, 0.4) is 0 Å². The molecule has 15 heavy (non-hydrogen) atoms. The molecule has 0 bridgehead atoms. The Morgan fingerprint density at radius 2 is 2.13 bits per heavy atom. The van der Waals surface area contributed by atoms with E-state index < -0.39 is 0 Å². The van der Waals surface area contributed by atoms with Crippen LogP contribution in [-0.2, 0) is 6.61 Å². The number of halogens is 1. The lowest BCUT2D eigenvalue weighted by Crippen LogP contribution is -2.13. The summed E-state index contributed by atoms with van der Waals surface area (Å²) in [4.78, 5) is 3.96. The van der Waals surface area contributed by atoms with Gasteiger partial charge in [0, 0.05) is 23.4 Å². The van der Waals surface area contributed by atoms with Crippen molar-refractivity contribution in [2.45, 2.75) is 32.9 Å². The molecule has 0 aromatic carbocycles. The number of rotatable bonds is 3. The summed E-state index contributed by atoms with van der Waals surface area (Å²) < 4.78 is 0. The number of pyridine rings is 1. The smallest absolute Gasteiger partial charge is 0.141 e. The molecule has 0 saturated heterocycles. The molecule has 0 aliphatic heterocycles. The molecule has 1 aromatic heterocycles. The van der Waals surface area contributed by atoms with E-state index in [0.717, 1.165) is 0 Å². The maximum atomic E-state index is 9.76. The molecule has 4 N–H and O–H groups in total. The molecule has 0 fully saturated rings. The van der Waals surface area contributed by atoms with Gasteiger partial charge in [0.2, 0.25) is 0 Å². The summed E-state index contributed by atoms with van der Waals surface area (Å²) in [6, 6.07) is -0.251. The van der Waals surface area contributed by atoms with Crippen LogP contribution in [0.15, 0.2) is 6.20 Å². The third kappa shape index (κ3) is 2.81. The number of aliphatic hydroxyl groups excluding tert-OH is 1. The van der Waals surface area contributed by atoms with Crippen molar-refractivity contribution in [2.24, 2.45) is 5.73 Å². The molecule has 4 nitrogen and oxygen atoms in total. The molecular formula is C10H17ClN2O2. The second kappa shape index (κ2) is 5.90. The van der Waals surface area contributed by atoms with Crippen molar-refractivity contribution in [2.75, 3.05) is 0 Å². The number of aromatic nitrogens is 1. The monoisotopic (exact) mass is 232 g/mol. The largest absolute Gasteiger partial charge is 0.506 e. The zero-order chi connectivity index (χ0) is 10.7. The normalized spacial score (nSPS) is 12.0. The van der Waals surface area contributed by atoms with Gasteiger partial charge in [0.1, 0.15) is 5.75 Å². The first kappa shape index (κ1) is 14.2. The minimum Gasteiger partial charge on any atom is -0.506 e. The van der Waals surface area contributed by atoms with Crippen LogP contribution >= 0.6 is 12.4 Å². The Morgan fingerprint density at radius 1 is 1.53 bits per heavy atom. The summed E-state index contributed by atoms with van der Waals surface area (Å²) >= 11 is 0. The van der Waals surface area contributed by atoms with Gasteiger partial charge in [0.15, 0.2) is 0 Å². The van der Waals surface area contributed by atoms with Gasteiger partial charge < -0.3 is 15.9 Å². The van der Waals surface area contributed by atoms with Gasteiger partial charge in [-0.1, -0.05) is 6.92 Å². The Labute approximate surface area is 95.6 Å². The summed E-state index contributed by atoms with van der Waals surface area (Å²) in [6.45, 7) is 3.49. The predicted octanol–water partition coefficient (Wildman–Crippen LogP) is 1.42. The number of hydrogen-bond donors (Lipinski definition) is 3. The average molecular weight is 233 g/mol. The Morgan fingerprint density at radius 3 is 2.60 bits per heavy atom. The van der Waals surface area contributed by atoms with Crippen LogP contribution in [0, 0.1) is 6.92 Å². The van der Waals surface area contributed by atoms with Crippen molar-refractivity contribution >= 4 is 12.4 Å². The first-order chi connectivity index (χ1) is 6.61. The van der Waals surface area contributed by atoms with Crippen molar-refractivity contribution in [3.05, 3.63) is 23.0 Å². The van der Waals surface area contributed by atoms with Crippen molar-refractivity contribution in [1.29, 1.82) is 0 Å². The predicted molar refractivity (Wildman–Crippen MR) is 61.0 cm³/mol. The van der Waals surface area contributed by atoms with E-state index in [-0.39, 0.29) is 30.8 Å². The van der Waals surface area contributed by atoms with Crippen LogP contribution in [0.1, 0.15) is 36.2 Å². The summed E-state index contributed by atoms with van der Waals surface area (Å²) in [5.74, 6) is 0.103. The minimum atomic E-state index is -0.251. The van der Waals surface area contributed by atoms with Gasteiger partial charge in [-0.05, 0) is 13.3 Å². The van der Waals surface area contributed by atoms with Crippen LogP contribution in [0.4, 0.5) is 0 Å². The maximum absolute atomic E-state index is 9.76. The number of aliphatic hydroxyl groups is 1. The highest BCUT2D eigenvalue weighted by Gasteiger charge is 2.16. The second-order valence-electron chi connectivity index (χ2n) is 3.30. The van der Waals surface area contributed by atoms with Gasteiger partial charge in [0.25, 0.3) is 0 Å². The number of hydrogen-bond acceptors (Lipinski definition) is 4. The topological polar surface area (TPSA) is 79.4 Å². The fourth-order valence-electron chi connectivity index (χ4n) is 1.40. The molecule has 5 heteroatoms. The van der Waals surface area contributed by atoms with Crippen LogP contribution in [0.2, 0.25) is 0 Å². The second-order valence-corrected chi connectivity index (χ2v) is 3.30. The molecule has 0 aliphatic carbocycles. The molecule has 0 amide bonds. The number of nitrogens with two attached hydrogens (primary N) is 1. The van der Waals surface area contributed by atoms with Crippen LogP contribution in [0.25, 0.3) is 0 Å². The van der Waals surface area contributed by atoms with E-state index >= 15 is 0 Å². The lowest BCUT2D eigenvalue weighted by atomic mass is 9.99. The van der Waals surface area contributed by atoms with E-state index in [1.807, 2.05) is 6.92 Å². The van der Waals surface area contributed by atoms with E-state index in [9.17, 15) is 5.11 Å². The molecule has 0 aliphatic rings.